The van der Waals surface area contributed by atoms with Gasteiger partial charge in [-0.2, -0.15) is 0 Å². The fourth-order valence-electron chi connectivity index (χ4n) is 3.10. The molecule has 1 aliphatic carbocycles. The fourth-order valence-corrected chi connectivity index (χ4v) is 4.16. The van der Waals surface area contributed by atoms with Crippen LogP contribution in [0.3, 0.4) is 0 Å². The van der Waals surface area contributed by atoms with Crippen molar-refractivity contribution in [1.29, 1.82) is 0 Å². The molecule has 2 heterocycles. The third kappa shape index (κ3) is 3.58. The zero-order chi connectivity index (χ0) is 18.0. The number of hydrogen-bond donors (Lipinski definition) is 0. The molecule has 1 aliphatic rings. The van der Waals surface area contributed by atoms with Gasteiger partial charge in [0.25, 0.3) is 5.56 Å². The predicted molar refractivity (Wildman–Crippen MR) is 92.9 cm³/mol. The molecule has 0 radical (unpaired) electrons. The van der Waals surface area contributed by atoms with Crippen molar-refractivity contribution in [3.05, 3.63) is 27.1 Å². The first-order valence-electron chi connectivity index (χ1n) is 8.27. The van der Waals surface area contributed by atoms with E-state index in [2.05, 4.69) is 4.98 Å². The van der Waals surface area contributed by atoms with Gasteiger partial charge in [-0.1, -0.05) is 6.42 Å². The number of ether oxygens (including phenoxy) is 2. The molecule has 0 saturated heterocycles. The standard InChI is InChI=1S/C17H20N2O5S/c1-10-13-15(25-14(10)17(22)23-2)18-9-19(16(13)21)8-12(20)24-11-6-4-3-5-7-11/h9,11H,3-8H2,1-2H3. The Morgan fingerprint density at radius 1 is 1.32 bits per heavy atom. The number of methoxy groups -OCH3 is 1. The smallest absolute Gasteiger partial charge is 0.348 e. The molecule has 2 aromatic heterocycles. The van der Waals surface area contributed by atoms with Crippen molar-refractivity contribution in [2.24, 2.45) is 0 Å². The molecule has 0 bridgehead atoms. The summed E-state index contributed by atoms with van der Waals surface area (Å²) < 4.78 is 11.4. The predicted octanol–water partition coefficient (Wildman–Crippen LogP) is 2.43. The molecular weight excluding hydrogens is 344 g/mol. The van der Waals surface area contributed by atoms with Crippen molar-refractivity contribution in [2.45, 2.75) is 51.7 Å². The lowest BCUT2D eigenvalue weighted by Gasteiger charge is -2.21. The Kier molecular flexibility index (Phi) is 5.17. The Labute approximate surface area is 148 Å². The summed E-state index contributed by atoms with van der Waals surface area (Å²) in [6.45, 7) is 1.50. The molecule has 1 fully saturated rings. The van der Waals surface area contributed by atoms with Crippen LogP contribution in [0.2, 0.25) is 0 Å². The molecule has 0 aromatic carbocycles. The molecule has 25 heavy (non-hydrogen) atoms. The van der Waals surface area contributed by atoms with Gasteiger partial charge in [-0.05, 0) is 38.2 Å². The average molecular weight is 364 g/mol. The molecule has 8 heteroatoms. The van der Waals surface area contributed by atoms with Crippen LogP contribution in [-0.2, 0) is 20.8 Å². The molecule has 0 aliphatic heterocycles. The minimum absolute atomic E-state index is 0.0533. The maximum atomic E-state index is 12.7. The van der Waals surface area contributed by atoms with Gasteiger partial charge in [-0.3, -0.25) is 14.2 Å². The summed E-state index contributed by atoms with van der Waals surface area (Å²) in [7, 11) is 1.29. The Morgan fingerprint density at radius 2 is 2.04 bits per heavy atom. The molecule has 134 valence electrons. The molecule has 0 N–H and O–H groups in total. The van der Waals surface area contributed by atoms with Gasteiger partial charge in [-0.15, -0.1) is 11.3 Å². The lowest BCUT2D eigenvalue weighted by molar-refractivity contribution is -0.151. The highest BCUT2D eigenvalue weighted by Crippen LogP contribution is 2.27. The summed E-state index contributed by atoms with van der Waals surface area (Å²) in [5.41, 5.74) is 0.175. The van der Waals surface area contributed by atoms with E-state index in [4.69, 9.17) is 9.47 Å². The zero-order valence-electron chi connectivity index (χ0n) is 14.2. The number of aromatic nitrogens is 2. The van der Waals surface area contributed by atoms with Crippen LogP contribution in [0.5, 0.6) is 0 Å². The second-order valence-corrected chi connectivity index (χ2v) is 7.15. The number of aryl methyl sites for hydroxylation is 1. The third-order valence-corrected chi connectivity index (χ3v) is 5.62. The van der Waals surface area contributed by atoms with E-state index in [9.17, 15) is 14.4 Å². The SMILES string of the molecule is COC(=O)c1sc2ncn(CC(=O)OC3CCCCC3)c(=O)c2c1C. The summed E-state index contributed by atoms with van der Waals surface area (Å²) >= 11 is 1.11. The normalized spacial score (nSPS) is 15.3. The van der Waals surface area contributed by atoms with Crippen LogP contribution in [0, 0.1) is 6.92 Å². The van der Waals surface area contributed by atoms with E-state index in [0.717, 1.165) is 37.0 Å². The summed E-state index contributed by atoms with van der Waals surface area (Å²) in [4.78, 5) is 41.6. The van der Waals surface area contributed by atoms with Crippen LogP contribution in [0.15, 0.2) is 11.1 Å². The Hall–Kier alpha value is -2.22. The number of hydrogen-bond acceptors (Lipinski definition) is 7. The van der Waals surface area contributed by atoms with E-state index in [1.807, 2.05) is 0 Å². The molecule has 7 nitrogen and oxygen atoms in total. The van der Waals surface area contributed by atoms with Gasteiger partial charge >= 0.3 is 11.9 Å². The van der Waals surface area contributed by atoms with Crippen LogP contribution in [-0.4, -0.2) is 34.7 Å². The van der Waals surface area contributed by atoms with Crippen molar-refractivity contribution in [3.8, 4) is 0 Å². The maximum Gasteiger partial charge on any atom is 0.348 e. The quantitative estimate of drug-likeness (QED) is 0.775. The zero-order valence-corrected chi connectivity index (χ0v) is 15.1. The van der Waals surface area contributed by atoms with Gasteiger partial charge in [0.05, 0.1) is 18.8 Å². The first-order valence-corrected chi connectivity index (χ1v) is 9.09. The summed E-state index contributed by atoms with van der Waals surface area (Å²) in [5, 5.41) is 0.346. The second-order valence-electron chi connectivity index (χ2n) is 6.16. The van der Waals surface area contributed by atoms with E-state index in [-0.39, 0.29) is 18.2 Å². The summed E-state index contributed by atoms with van der Waals surface area (Å²) in [6, 6.07) is 0. The molecule has 2 aromatic rings. The number of thiophene rings is 1. The van der Waals surface area contributed by atoms with Crippen LogP contribution in [0.4, 0.5) is 0 Å². The van der Waals surface area contributed by atoms with Gasteiger partial charge in [-0.25, -0.2) is 9.78 Å². The molecule has 0 atom stereocenters. The van der Waals surface area contributed by atoms with Gasteiger partial charge in [0.15, 0.2) is 0 Å². The highest BCUT2D eigenvalue weighted by atomic mass is 32.1. The Morgan fingerprint density at radius 3 is 2.72 bits per heavy atom. The van der Waals surface area contributed by atoms with Crippen molar-refractivity contribution in [3.63, 3.8) is 0 Å². The van der Waals surface area contributed by atoms with Gasteiger partial charge in [0, 0.05) is 0 Å². The molecule has 0 amide bonds. The Bertz CT molecular complexity index is 864. The number of carbonyl (C=O) groups is 2. The lowest BCUT2D eigenvalue weighted by atomic mass is 9.98. The van der Waals surface area contributed by atoms with E-state index in [0.29, 0.717) is 20.7 Å². The van der Waals surface area contributed by atoms with Crippen molar-refractivity contribution < 1.29 is 19.1 Å². The monoisotopic (exact) mass is 364 g/mol. The van der Waals surface area contributed by atoms with Crippen LogP contribution < -0.4 is 5.56 Å². The highest BCUT2D eigenvalue weighted by Gasteiger charge is 2.22. The molecule has 0 unspecified atom stereocenters. The van der Waals surface area contributed by atoms with Gasteiger partial charge < -0.3 is 9.47 Å². The summed E-state index contributed by atoms with van der Waals surface area (Å²) in [5.74, 6) is -0.931. The molecular formula is C17H20N2O5S. The third-order valence-electron chi connectivity index (χ3n) is 4.44. The van der Waals surface area contributed by atoms with E-state index < -0.39 is 11.9 Å². The van der Waals surface area contributed by atoms with Gasteiger partial charge in [0.2, 0.25) is 0 Å². The van der Waals surface area contributed by atoms with Crippen molar-refractivity contribution >= 4 is 33.5 Å². The lowest BCUT2D eigenvalue weighted by Crippen LogP contribution is -2.29. The highest BCUT2D eigenvalue weighted by molar-refractivity contribution is 7.20. The number of fused-ring (bicyclic) bond motifs is 1. The first kappa shape index (κ1) is 17.6. The van der Waals surface area contributed by atoms with E-state index in [1.54, 1.807) is 6.92 Å². The number of esters is 2. The van der Waals surface area contributed by atoms with E-state index >= 15 is 0 Å². The topological polar surface area (TPSA) is 87.5 Å². The van der Waals surface area contributed by atoms with Crippen LogP contribution >= 0.6 is 11.3 Å². The molecule has 0 spiro atoms. The number of nitrogens with zero attached hydrogens (tertiary/aromatic N) is 2. The first-order chi connectivity index (χ1) is 12.0. The summed E-state index contributed by atoms with van der Waals surface area (Å²) in [6.07, 6.45) is 6.33. The van der Waals surface area contributed by atoms with Gasteiger partial charge in [0.1, 0.15) is 22.4 Å². The van der Waals surface area contributed by atoms with Crippen LogP contribution in [0.25, 0.3) is 10.2 Å². The minimum atomic E-state index is -0.497. The maximum absolute atomic E-state index is 12.7. The molecule has 1 saturated carbocycles. The van der Waals surface area contributed by atoms with Crippen molar-refractivity contribution in [1.82, 2.24) is 9.55 Å². The van der Waals surface area contributed by atoms with Crippen LogP contribution in [0.1, 0.15) is 47.3 Å². The second kappa shape index (κ2) is 7.35. The fraction of sp³-hybridized carbons (Fsp3) is 0.529. The minimum Gasteiger partial charge on any atom is -0.465 e. The number of rotatable bonds is 4. The van der Waals surface area contributed by atoms with Crippen molar-refractivity contribution in [2.75, 3.05) is 7.11 Å². The van der Waals surface area contributed by atoms with E-state index in [1.165, 1.54) is 24.4 Å². The molecule has 3 rings (SSSR count). The Balaban J connectivity index is 1.83. The average Bonchev–Trinajstić information content (AvgIpc) is 2.95. The largest absolute Gasteiger partial charge is 0.465 e. The number of carbonyl (C=O) groups excluding carboxylic acids is 2.